The molecular formula is C27H33Cl2N7O3. The first-order chi connectivity index (χ1) is 17.8. The van der Waals surface area contributed by atoms with Gasteiger partial charge in [0.1, 0.15) is 17.2 Å². The van der Waals surface area contributed by atoms with Crippen molar-refractivity contribution < 1.29 is 13.9 Å². The number of furan rings is 1. The van der Waals surface area contributed by atoms with Crippen LogP contribution in [0.25, 0.3) is 21.9 Å². The molecule has 0 radical (unpaired) electrons. The normalized spacial score (nSPS) is 16.6. The van der Waals surface area contributed by atoms with Crippen LogP contribution in [0.15, 0.2) is 45.8 Å². The Morgan fingerprint density at radius 3 is 2.56 bits per heavy atom. The molecule has 0 spiro atoms. The van der Waals surface area contributed by atoms with Gasteiger partial charge in [-0.3, -0.25) is 10.1 Å². The van der Waals surface area contributed by atoms with E-state index in [1.54, 1.807) is 19.2 Å². The highest BCUT2D eigenvalue weighted by Crippen LogP contribution is 2.31. The van der Waals surface area contributed by atoms with Crippen molar-refractivity contribution in [1.29, 1.82) is 0 Å². The summed E-state index contributed by atoms with van der Waals surface area (Å²) in [5.74, 6) is 1.34. The number of methoxy groups -OCH3 is 1. The lowest BCUT2D eigenvalue weighted by atomic mass is 9.90. The molecule has 0 aliphatic heterocycles. The molecule has 1 aliphatic carbocycles. The van der Waals surface area contributed by atoms with E-state index < -0.39 is 5.91 Å². The van der Waals surface area contributed by atoms with E-state index in [4.69, 9.17) is 25.6 Å². The molecule has 0 saturated heterocycles. The van der Waals surface area contributed by atoms with Gasteiger partial charge in [0.15, 0.2) is 11.7 Å². The van der Waals surface area contributed by atoms with E-state index in [2.05, 4.69) is 20.6 Å². The Morgan fingerprint density at radius 1 is 1.05 bits per heavy atom. The Kier molecular flexibility index (Phi) is 9.47. The standard InChI is InChI=1S/C27H31N7O3.2ClH/c1-14-8-10-19-18(12-14)24(30-20-6-4-5-7-21(20)31-26(28)29)33-27(32-19)34-25(35)23-15(2)17-13-16(36-3)9-11-22(17)37-23;;/h8-13,20-21H,4-7H2,1-3H3,(H4,28,29,31)(H2,30,32,33,34,35);2*1H/t20-,21+;;/m0../s1. The quantitative estimate of drug-likeness (QED) is 0.183. The second-order valence-electron chi connectivity index (χ2n) is 9.45. The van der Waals surface area contributed by atoms with Crippen LogP contribution in [0.4, 0.5) is 11.8 Å². The molecule has 10 nitrogen and oxygen atoms in total. The summed E-state index contributed by atoms with van der Waals surface area (Å²) in [6, 6.07) is 11.3. The van der Waals surface area contributed by atoms with Gasteiger partial charge in [0, 0.05) is 16.3 Å². The molecule has 2 aromatic heterocycles. The Hall–Kier alpha value is -3.76. The third kappa shape index (κ3) is 6.29. The van der Waals surface area contributed by atoms with Crippen LogP contribution in [0.2, 0.25) is 0 Å². The summed E-state index contributed by atoms with van der Waals surface area (Å²) >= 11 is 0. The van der Waals surface area contributed by atoms with E-state index in [0.717, 1.165) is 42.0 Å². The van der Waals surface area contributed by atoms with Crippen LogP contribution in [0.5, 0.6) is 5.75 Å². The van der Waals surface area contributed by atoms with Crippen molar-refractivity contribution in [3.63, 3.8) is 0 Å². The molecule has 1 aliphatic rings. The van der Waals surface area contributed by atoms with Gasteiger partial charge < -0.3 is 25.9 Å². The highest BCUT2D eigenvalue weighted by atomic mass is 35.5. The average Bonchev–Trinajstić information content (AvgIpc) is 3.21. The number of halogens is 2. The Labute approximate surface area is 238 Å². The molecule has 0 bridgehead atoms. The molecule has 39 heavy (non-hydrogen) atoms. The number of guanidine groups is 1. The van der Waals surface area contributed by atoms with Gasteiger partial charge in [-0.2, -0.15) is 4.98 Å². The van der Waals surface area contributed by atoms with E-state index in [0.29, 0.717) is 28.2 Å². The molecule has 1 fully saturated rings. The van der Waals surface area contributed by atoms with Crippen molar-refractivity contribution >= 4 is 70.3 Å². The highest BCUT2D eigenvalue weighted by Gasteiger charge is 2.26. The summed E-state index contributed by atoms with van der Waals surface area (Å²) in [4.78, 5) is 27.0. The summed E-state index contributed by atoms with van der Waals surface area (Å²) in [6.07, 6.45) is 3.92. The van der Waals surface area contributed by atoms with Crippen molar-refractivity contribution in [1.82, 2.24) is 9.97 Å². The number of nitrogens with two attached hydrogens (primary N) is 2. The van der Waals surface area contributed by atoms with Gasteiger partial charge in [-0.15, -0.1) is 24.8 Å². The number of aryl methyl sites for hydroxylation is 2. The molecule has 1 saturated carbocycles. The molecule has 2 heterocycles. The van der Waals surface area contributed by atoms with E-state index in [1.165, 1.54) is 0 Å². The van der Waals surface area contributed by atoms with E-state index in [-0.39, 0.29) is 54.6 Å². The molecule has 2 aromatic carbocycles. The second-order valence-corrected chi connectivity index (χ2v) is 9.45. The SMILES string of the molecule is COc1ccc2oc(C(=O)Nc3nc(N[C@H]4CCCC[C@H]4N=C(N)N)c4cc(C)ccc4n3)c(C)c2c1.Cl.Cl. The minimum atomic E-state index is -0.430. The van der Waals surface area contributed by atoms with Crippen molar-refractivity contribution in [3.05, 3.63) is 53.3 Å². The zero-order valence-electron chi connectivity index (χ0n) is 22.0. The minimum absolute atomic E-state index is 0. The van der Waals surface area contributed by atoms with Gasteiger partial charge in [-0.1, -0.05) is 24.5 Å². The van der Waals surface area contributed by atoms with E-state index >= 15 is 0 Å². The number of rotatable bonds is 6. The number of nitrogens with zero attached hydrogens (tertiary/aromatic N) is 3. The van der Waals surface area contributed by atoms with Crippen molar-refractivity contribution in [3.8, 4) is 5.75 Å². The fourth-order valence-electron chi connectivity index (χ4n) is 4.91. The number of carbonyl (C=O) groups is 1. The minimum Gasteiger partial charge on any atom is -0.497 e. The summed E-state index contributed by atoms with van der Waals surface area (Å²) in [5.41, 5.74) is 14.5. The number of nitrogens with one attached hydrogen (secondary N) is 2. The van der Waals surface area contributed by atoms with Gasteiger partial charge in [-0.05, 0) is 57.0 Å². The van der Waals surface area contributed by atoms with Gasteiger partial charge >= 0.3 is 0 Å². The fourth-order valence-corrected chi connectivity index (χ4v) is 4.91. The third-order valence-corrected chi connectivity index (χ3v) is 6.79. The van der Waals surface area contributed by atoms with Gasteiger partial charge in [0.05, 0.1) is 24.7 Å². The molecule has 1 amide bonds. The van der Waals surface area contributed by atoms with Crippen LogP contribution in [0.1, 0.15) is 47.4 Å². The van der Waals surface area contributed by atoms with Crippen LogP contribution in [0, 0.1) is 13.8 Å². The topological polar surface area (TPSA) is 154 Å². The largest absolute Gasteiger partial charge is 0.497 e. The molecule has 0 unspecified atom stereocenters. The summed E-state index contributed by atoms with van der Waals surface area (Å²) in [6.45, 7) is 3.85. The van der Waals surface area contributed by atoms with Crippen molar-refractivity contribution in [2.45, 2.75) is 51.6 Å². The first-order valence-corrected chi connectivity index (χ1v) is 12.3. The zero-order chi connectivity index (χ0) is 26.1. The summed E-state index contributed by atoms with van der Waals surface area (Å²) < 4.78 is 11.2. The lowest BCUT2D eigenvalue weighted by molar-refractivity contribution is 0.0997. The predicted molar refractivity (Wildman–Crippen MR) is 160 cm³/mol. The fraction of sp³-hybridized carbons (Fsp3) is 0.333. The molecule has 208 valence electrons. The number of amides is 1. The molecule has 12 heteroatoms. The van der Waals surface area contributed by atoms with Gasteiger partial charge in [0.2, 0.25) is 5.95 Å². The maximum absolute atomic E-state index is 13.2. The van der Waals surface area contributed by atoms with Crippen LogP contribution in [0.3, 0.4) is 0 Å². The lowest BCUT2D eigenvalue weighted by Gasteiger charge is -2.30. The van der Waals surface area contributed by atoms with E-state index in [1.807, 2.05) is 38.1 Å². The molecule has 5 rings (SSSR count). The van der Waals surface area contributed by atoms with Crippen molar-refractivity contribution in [2.75, 3.05) is 17.7 Å². The Bertz CT molecular complexity index is 1520. The maximum Gasteiger partial charge on any atom is 0.294 e. The van der Waals surface area contributed by atoms with Gasteiger partial charge in [0.25, 0.3) is 5.91 Å². The number of hydrogen-bond donors (Lipinski definition) is 4. The highest BCUT2D eigenvalue weighted by molar-refractivity contribution is 6.06. The second kappa shape index (κ2) is 12.4. The lowest BCUT2D eigenvalue weighted by Crippen LogP contribution is -2.38. The number of benzene rings is 2. The predicted octanol–water partition coefficient (Wildman–Crippen LogP) is 5.09. The van der Waals surface area contributed by atoms with E-state index in [9.17, 15) is 4.79 Å². The molecular weight excluding hydrogens is 541 g/mol. The smallest absolute Gasteiger partial charge is 0.294 e. The number of anilines is 2. The molecule has 4 aromatic rings. The maximum atomic E-state index is 13.2. The number of hydrogen-bond acceptors (Lipinski definition) is 7. The monoisotopic (exact) mass is 573 g/mol. The third-order valence-electron chi connectivity index (χ3n) is 6.79. The number of carbonyl (C=O) groups excluding carboxylic acids is 1. The van der Waals surface area contributed by atoms with Crippen molar-refractivity contribution in [2.24, 2.45) is 16.5 Å². The van der Waals surface area contributed by atoms with Crippen LogP contribution in [-0.4, -0.2) is 41.0 Å². The number of aromatic nitrogens is 2. The molecule has 2 atom stereocenters. The van der Waals surface area contributed by atoms with Crippen LogP contribution >= 0.6 is 24.8 Å². The molecule has 6 N–H and O–H groups in total. The average molecular weight is 575 g/mol. The summed E-state index contributed by atoms with van der Waals surface area (Å²) in [5, 5.41) is 8.04. The Balaban J connectivity index is 0.00000210. The number of ether oxygens (including phenoxy) is 1. The summed E-state index contributed by atoms with van der Waals surface area (Å²) in [7, 11) is 1.60. The zero-order valence-corrected chi connectivity index (χ0v) is 23.6. The van der Waals surface area contributed by atoms with Gasteiger partial charge in [-0.25, -0.2) is 9.98 Å². The Morgan fingerprint density at radius 2 is 1.82 bits per heavy atom. The first kappa shape index (κ1) is 29.8. The number of aliphatic imine (C=N–C) groups is 1. The first-order valence-electron chi connectivity index (χ1n) is 12.3. The van der Waals surface area contributed by atoms with Crippen LogP contribution in [-0.2, 0) is 0 Å². The number of fused-ring (bicyclic) bond motifs is 2. The van der Waals surface area contributed by atoms with Crippen LogP contribution < -0.4 is 26.8 Å².